The number of carbonyl (C=O) groups excluding carboxylic acids is 3. The highest BCUT2D eigenvalue weighted by molar-refractivity contribution is 5.71. The molecule has 0 saturated heterocycles. The summed E-state index contributed by atoms with van der Waals surface area (Å²) >= 11 is 0. The summed E-state index contributed by atoms with van der Waals surface area (Å²) in [6, 6.07) is 0. The fourth-order valence-electron chi connectivity index (χ4n) is 9.97. The average Bonchev–Trinajstić information content (AvgIpc) is 3.39. The van der Waals surface area contributed by atoms with Gasteiger partial charge < -0.3 is 14.2 Å². The molecule has 6 nitrogen and oxygen atoms in total. The van der Waals surface area contributed by atoms with E-state index in [0.717, 1.165) is 57.8 Å². The normalized spacial score (nSPS) is 12.1. The van der Waals surface area contributed by atoms with Gasteiger partial charge in [0.2, 0.25) is 0 Å². The van der Waals surface area contributed by atoms with Gasteiger partial charge in [-0.15, -0.1) is 0 Å². The van der Waals surface area contributed by atoms with Crippen molar-refractivity contribution in [3.63, 3.8) is 0 Å². The molecular formula is C67H126O6. The van der Waals surface area contributed by atoms with Crippen LogP contribution in [0.25, 0.3) is 0 Å². The molecule has 0 heterocycles. The van der Waals surface area contributed by atoms with Crippen LogP contribution < -0.4 is 0 Å². The Balaban J connectivity index is 4.30. The predicted octanol–water partition coefficient (Wildman–Crippen LogP) is 22.2. The van der Waals surface area contributed by atoms with Gasteiger partial charge in [-0.2, -0.15) is 0 Å². The Hall–Kier alpha value is -2.11. The van der Waals surface area contributed by atoms with E-state index in [4.69, 9.17) is 14.2 Å². The van der Waals surface area contributed by atoms with E-state index < -0.39 is 6.10 Å². The van der Waals surface area contributed by atoms with E-state index in [2.05, 4.69) is 45.1 Å². The Morgan fingerprint density at radius 1 is 0.260 bits per heavy atom. The van der Waals surface area contributed by atoms with Crippen molar-refractivity contribution in [1.29, 1.82) is 0 Å². The minimum Gasteiger partial charge on any atom is -0.462 e. The van der Waals surface area contributed by atoms with Crippen LogP contribution in [0.3, 0.4) is 0 Å². The molecule has 1 atom stereocenters. The summed E-state index contributed by atoms with van der Waals surface area (Å²) in [4.78, 5) is 38.3. The Kier molecular flexibility index (Phi) is 60.6. The molecule has 0 rings (SSSR count). The van der Waals surface area contributed by atoms with E-state index in [-0.39, 0.29) is 31.1 Å². The van der Waals surface area contributed by atoms with Gasteiger partial charge in [0.1, 0.15) is 13.2 Å². The smallest absolute Gasteiger partial charge is 0.306 e. The number of allylic oxidation sites excluding steroid dienone is 4. The Morgan fingerprint density at radius 3 is 0.685 bits per heavy atom. The molecule has 0 aromatic heterocycles. The van der Waals surface area contributed by atoms with E-state index in [1.54, 1.807) is 0 Å². The molecule has 0 N–H and O–H groups in total. The summed E-state index contributed by atoms with van der Waals surface area (Å²) in [5.41, 5.74) is 0. The zero-order valence-electron chi connectivity index (χ0n) is 49.4. The number of rotatable bonds is 61. The molecular weight excluding hydrogens is 901 g/mol. The number of ether oxygens (including phenoxy) is 3. The lowest BCUT2D eigenvalue weighted by Crippen LogP contribution is -2.30. The molecule has 0 aromatic rings. The van der Waals surface area contributed by atoms with Crippen molar-refractivity contribution in [1.82, 2.24) is 0 Å². The first-order valence-electron chi connectivity index (χ1n) is 32.8. The molecule has 0 spiro atoms. The van der Waals surface area contributed by atoms with Gasteiger partial charge in [0.15, 0.2) is 6.10 Å². The summed E-state index contributed by atoms with van der Waals surface area (Å²) in [5.74, 6) is -0.841. The van der Waals surface area contributed by atoms with Crippen LogP contribution in [-0.4, -0.2) is 37.2 Å². The van der Waals surface area contributed by atoms with Crippen molar-refractivity contribution in [2.45, 2.75) is 374 Å². The molecule has 0 radical (unpaired) electrons. The van der Waals surface area contributed by atoms with Crippen molar-refractivity contribution < 1.29 is 28.6 Å². The van der Waals surface area contributed by atoms with Crippen LogP contribution in [0, 0.1) is 0 Å². The zero-order chi connectivity index (χ0) is 52.9. The van der Waals surface area contributed by atoms with Crippen LogP contribution in [-0.2, 0) is 28.6 Å². The maximum absolute atomic E-state index is 12.9. The van der Waals surface area contributed by atoms with Gasteiger partial charge in [0.05, 0.1) is 0 Å². The number of hydrogen-bond acceptors (Lipinski definition) is 6. The number of carbonyl (C=O) groups is 3. The fourth-order valence-corrected chi connectivity index (χ4v) is 9.97. The van der Waals surface area contributed by atoms with Gasteiger partial charge in [-0.05, 0) is 70.6 Å². The highest BCUT2D eigenvalue weighted by Crippen LogP contribution is 2.18. The maximum Gasteiger partial charge on any atom is 0.306 e. The van der Waals surface area contributed by atoms with Crippen LogP contribution in [0.2, 0.25) is 0 Å². The molecule has 0 unspecified atom stereocenters. The lowest BCUT2D eigenvalue weighted by molar-refractivity contribution is -0.167. The van der Waals surface area contributed by atoms with E-state index in [0.29, 0.717) is 19.3 Å². The van der Waals surface area contributed by atoms with E-state index in [9.17, 15) is 14.4 Å². The van der Waals surface area contributed by atoms with Gasteiger partial charge >= 0.3 is 17.9 Å². The second-order valence-corrected chi connectivity index (χ2v) is 22.4. The topological polar surface area (TPSA) is 78.9 Å². The first-order valence-corrected chi connectivity index (χ1v) is 32.8. The summed E-state index contributed by atoms with van der Waals surface area (Å²) in [5, 5.41) is 0. The third-order valence-electron chi connectivity index (χ3n) is 14.9. The SMILES string of the molecule is CCCCCCCC/C=C\CCCCCCCCCCCCCC(=O)OC[C@H](COC(=O)CCCCCCCCCCCCCCCCC)OC(=O)CCCCCCCCCCC/C=C\CCCCCCCC. The first kappa shape index (κ1) is 70.9. The molecule has 0 aromatic carbocycles. The lowest BCUT2D eigenvalue weighted by atomic mass is 10.0. The van der Waals surface area contributed by atoms with Gasteiger partial charge in [0.25, 0.3) is 0 Å². The minimum absolute atomic E-state index is 0.0667. The van der Waals surface area contributed by atoms with Crippen molar-refractivity contribution >= 4 is 17.9 Å². The van der Waals surface area contributed by atoms with Crippen molar-refractivity contribution in [3.8, 4) is 0 Å². The summed E-state index contributed by atoms with van der Waals surface area (Å²) in [7, 11) is 0. The number of unbranched alkanes of at least 4 members (excludes halogenated alkanes) is 46. The molecule has 0 bridgehead atoms. The van der Waals surface area contributed by atoms with Crippen LogP contribution in [0.15, 0.2) is 24.3 Å². The van der Waals surface area contributed by atoms with Crippen molar-refractivity contribution in [3.05, 3.63) is 24.3 Å². The van der Waals surface area contributed by atoms with Crippen molar-refractivity contribution in [2.24, 2.45) is 0 Å². The second kappa shape index (κ2) is 62.4. The lowest BCUT2D eigenvalue weighted by Gasteiger charge is -2.18. The minimum atomic E-state index is -0.770. The monoisotopic (exact) mass is 1030 g/mol. The van der Waals surface area contributed by atoms with Gasteiger partial charge in [0, 0.05) is 19.3 Å². The third kappa shape index (κ3) is 60.6. The summed E-state index contributed by atoms with van der Waals surface area (Å²) in [6.45, 7) is 6.70. The largest absolute Gasteiger partial charge is 0.462 e. The molecule has 0 aliphatic rings. The van der Waals surface area contributed by atoms with Crippen LogP contribution in [0.4, 0.5) is 0 Å². The molecule has 6 heteroatoms. The van der Waals surface area contributed by atoms with Crippen LogP contribution in [0.5, 0.6) is 0 Å². The van der Waals surface area contributed by atoms with E-state index in [1.165, 1.54) is 270 Å². The van der Waals surface area contributed by atoms with Gasteiger partial charge in [-0.1, -0.05) is 302 Å². The Morgan fingerprint density at radius 2 is 0.452 bits per heavy atom. The fraction of sp³-hybridized carbons (Fsp3) is 0.896. The molecule has 73 heavy (non-hydrogen) atoms. The highest BCUT2D eigenvalue weighted by Gasteiger charge is 2.19. The highest BCUT2D eigenvalue weighted by atomic mass is 16.6. The zero-order valence-corrected chi connectivity index (χ0v) is 49.4. The maximum atomic E-state index is 12.9. The Labute approximate surface area is 455 Å². The number of hydrogen-bond donors (Lipinski definition) is 0. The van der Waals surface area contributed by atoms with Gasteiger partial charge in [-0.3, -0.25) is 14.4 Å². The molecule has 430 valence electrons. The summed E-state index contributed by atoms with van der Waals surface area (Å²) < 4.78 is 17.0. The Bertz CT molecular complexity index is 1180. The van der Waals surface area contributed by atoms with E-state index in [1.807, 2.05) is 0 Å². The molecule has 0 aliphatic carbocycles. The molecule has 0 saturated carbocycles. The van der Waals surface area contributed by atoms with Gasteiger partial charge in [-0.25, -0.2) is 0 Å². The first-order chi connectivity index (χ1) is 36.0. The van der Waals surface area contributed by atoms with Crippen LogP contribution >= 0.6 is 0 Å². The van der Waals surface area contributed by atoms with E-state index >= 15 is 0 Å². The average molecular weight is 1030 g/mol. The van der Waals surface area contributed by atoms with Crippen molar-refractivity contribution in [2.75, 3.05) is 13.2 Å². The predicted molar refractivity (Wildman–Crippen MR) is 316 cm³/mol. The van der Waals surface area contributed by atoms with Crippen LogP contribution in [0.1, 0.15) is 367 Å². The molecule has 0 amide bonds. The summed E-state index contributed by atoms with van der Waals surface area (Å²) in [6.07, 6.45) is 74.7. The third-order valence-corrected chi connectivity index (χ3v) is 14.9. The number of esters is 3. The quantitative estimate of drug-likeness (QED) is 0.0261. The molecule has 0 fully saturated rings. The molecule has 0 aliphatic heterocycles. The second-order valence-electron chi connectivity index (χ2n) is 22.4. The standard InChI is InChI=1S/C67H126O6/c1-4-7-10-13-16-19-22-25-28-30-32-33-35-36-39-42-45-48-51-54-57-60-66(69)72-63-64(62-71-65(68)59-56-53-50-47-44-41-38-27-24-21-18-15-12-9-6-3)73-67(70)61-58-55-52-49-46-43-40-37-34-31-29-26-23-20-17-14-11-8-5-2/h25-26,28-29,64H,4-24,27,30-63H2,1-3H3/b28-25-,29-26-/t64-/m0/s1.